The lowest BCUT2D eigenvalue weighted by molar-refractivity contribution is -0.890. The lowest BCUT2D eigenvalue weighted by Gasteiger charge is -2.28. The van der Waals surface area contributed by atoms with Gasteiger partial charge in [-0.25, -0.2) is 0 Å². The molecule has 11 heavy (non-hydrogen) atoms. The van der Waals surface area contributed by atoms with Crippen LogP contribution in [-0.2, 0) is 0 Å². The van der Waals surface area contributed by atoms with Crippen LogP contribution in [0.25, 0.3) is 0 Å². The standard InChI is InChI=1S/C8H18NO.BrH/c1-4-5-6-9(2,3)7-8-10;/h4,10H,1,5-8H2,2-3H3;1H/q+1;/p-1. The smallest absolute Gasteiger partial charge is 0.102 e. The zero-order chi connectivity index (χ0) is 8.04. The Hall–Kier alpha value is 0.140. The van der Waals surface area contributed by atoms with Crippen molar-refractivity contribution >= 4 is 0 Å². The number of aliphatic hydroxyl groups is 1. The quantitative estimate of drug-likeness (QED) is 0.409. The molecule has 0 bridgehead atoms. The van der Waals surface area contributed by atoms with E-state index in [1.165, 1.54) is 0 Å². The third kappa shape index (κ3) is 8.04. The predicted molar refractivity (Wildman–Crippen MR) is 43.7 cm³/mol. The second-order valence-corrected chi connectivity index (χ2v) is 3.18. The summed E-state index contributed by atoms with van der Waals surface area (Å²) in [6.45, 7) is 5.81. The molecule has 0 spiro atoms. The molecular formula is C8H18BrNO. The average Bonchev–Trinajstić information content (AvgIpc) is 1.84. The Bertz CT molecular complexity index is 104. The summed E-state index contributed by atoms with van der Waals surface area (Å²) < 4.78 is 0.878. The van der Waals surface area contributed by atoms with E-state index in [9.17, 15) is 0 Å². The van der Waals surface area contributed by atoms with E-state index < -0.39 is 0 Å². The van der Waals surface area contributed by atoms with Gasteiger partial charge in [-0.1, -0.05) is 6.08 Å². The molecule has 3 heteroatoms. The molecule has 0 rings (SSSR count). The first kappa shape index (κ1) is 13.7. The summed E-state index contributed by atoms with van der Waals surface area (Å²) >= 11 is 0. The summed E-state index contributed by atoms with van der Waals surface area (Å²) in [5.41, 5.74) is 0. The van der Waals surface area contributed by atoms with E-state index in [1.807, 2.05) is 6.08 Å². The van der Waals surface area contributed by atoms with Crippen molar-refractivity contribution < 1.29 is 26.6 Å². The molecular weight excluding hydrogens is 206 g/mol. The van der Waals surface area contributed by atoms with Crippen LogP contribution in [-0.4, -0.2) is 43.4 Å². The third-order valence-corrected chi connectivity index (χ3v) is 1.64. The van der Waals surface area contributed by atoms with Crippen LogP contribution < -0.4 is 17.0 Å². The largest absolute Gasteiger partial charge is 1.00 e. The minimum atomic E-state index is 0. The number of nitrogens with zero attached hydrogens (tertiary/aromatic N) is 1. The summed E-state index contributed by atoms with van der Waals surface area (Å²) in [4.78, 5) is 0. The second kappa shape index (κ2) is 6.83. The van der Waals surface area contributed by atoms with Gasteiger partial charge in [0.2, 0.25) is 0 Å². The summed E-state index contributed by atoms with van der Waals surface area (Å²) in [5.74, 6) is 0. The van der Waals surface area contributed by atoms with Crippen molar-refractivity contribution in [2.45, 2.75) is 6.42 Å². The maximum atomic E-state index is 8.66. The van der Waals surface area contributed by atoms with Gasteiger partial charge in [-0.05, 0) is 0 Å². The van der Waals surface area contributed by atoms with Crippen molar-refractivity contribution in [2.24, 2.45) is 0 Å². The number of likely N-dealkylation sites (N-methyl/N-ethyl adjacent to an activating group) is 1. The van der Waals surface area contributed by atoms with Crippen LogP contribution in [0.1, 0.15) is 6.42 Å². The van der Waals surface area contributed by atoms with Crippen LogP contribution in [0.15, 0.2) is 12.7 Å². The fraction of sp³-hybridized carbons (Fsp3) is 0.750. The molecule has 0 aromatic rings. The number of aliphatic hydroxyl groups excluding tert-OH is 1. The fourth-order valence-electron chi connectivity index (χ4n) is 0.823. The number of quaternary nitrogens is 1. The number of rotatable bonds is 5. The third-order valence-electron chi connectivity index (χ3n) is 1.64. The Labute approximate surface area is 79.9 Å². The Balaban J connectivity index is 0. The molecule has 0 fully saturated rings. The number of halogens is 1. The SMILES string of the molecule is C=CCC[N+](C)(C)CCO.[Br-]. The van der Waals surface area contributed by atoms with Gasteiger partial charge in [-0.2, -0.15) is 0 Å². The Morgan fingerprint density at radius 2 is 1.91 bits per heavy atom. The van der Waals surface area contributed by atoms with E-state index in [4.69, 9.17) is 5.11 Å². The molecule has 0 radical (unpaired) electrons. The molecule has 0 aliphatic heterocycles. The molecule has 0 saturated heterocycles. The van der Waals surface area contributed by atoms with E-state index in [2.05, 4.69) is 20.7 Å². The Morgan fingerprint density at radius 3 is 2.27 bits per heavy atom. The maximum Gasteiger partial charge on any atom is 0.102 e. The van der Waals surface area contributed by atoms with Crippen molar-refractivity contribution in [3.8, 4) is 0 Å². The number of hydrogen-bond acceptors (Lipinski definition) is 1. The highest BCUT2D eigenvalue weighted by Crippen LogP contribution is 1.97. The van der Waals surface area contributed by atoms with Crippen molar-refractivity contribution in [1.82, 2.24) is 0 Å². The molecule has 68 valence electrons. The van der Waals surface area contributed by atoms with E-state index in [0.29, 0.717) is 0 Å². The van der Waals surface area contributed by atoms with Crippen LogP contribution in [0, 0.1) is 0 Å². The van der Waals surface area contributed by atoms with E-state index in [0.717, 1.165) is 24.0 Å². The first-order chi connectivity index (χ1) is 4.62. The van der Waals surface area contributed by atoms with E-state index in [1.54, 1.807) is 0 Å². The zero-order valence-corrected chi connectivity index (χ0v) is 8.97. The summed E-state index contributed by atoms with van der Waals surface area (Å²) in [5, 5.41) is 8.66. The lowest BCUT2D eigenvalue weighted by atomic mass is 10.3. The lowest BCUT2D eigenvalue weighted by Crippen LogP contribution is -3.00. The fourth-order valence-corrected chi connectivity index (χ4v) is 0.823. The van der Waals surface area contributed by atoms with Gasteiger partial charge >= 0.3 is 0 Å². The minimum Gasteiger partial charge on any atom is -1.00 e. The van der Waals surface area contributed by atoms with Crippen molar-refractivity contribution in [2.75, 3.05) is 33.8 Å². The van der Waals surface area contributed by atoms with Gasteiger partial charge in [0.15, 0.2) is 0 Å². The molecule has 2 nitrogen and oxygen atoms in total. The molecule has 0 aromatic heterocycles. The maximum absolute atomic E-state index is 8.66. The topological polar surface area (TPSA) is 20.2 Å². The highest BCUT2D eigenvalue weighted by molar-refractivity contribution is 4.64. The summed E-state index contributed by atoms with van der Waals surface area (Å²) in [6.07, 6.45) is 2.93. The Kier molecular flexibility index (Phi) is 8.51. The van der Waals surface area contributed by atoms with Crippen molar-refractivity contribution in [3.63, 3.8) is 0 Å². The van der Waals surface area contributed by atoms with Crippen LogP contribution in [0.4, 0.5) is 0 Å². The molecule has 1 N–H and O–H groups in total. The number of hydrogen-bond donors (Lipinski definition) is 1. The molecule has 0 aromatic carbocycles. The first-order valence-corrected chi connectivity index (χ1v) is 3.66. The molecule has 0 heterocycles. The molecule has 0 unspecified atom stereocenters. The second-order valence-electron chi connectivity index (χ2n) is 3.18. The molecule has 0 atom stereocenters. The van der Waals surface area contributed by atoms with E-state index >= 15 is 0 Å². The minimum absolute atomic E-state index is 0. The Morgan fingerprint density at radius 1 is 1.36 bits per heavy atom. The van der Waals surface area contributed by atoms with Crippen LogP contribution >= 0.6 is 0 Å². The monoisotopic (exact) mass is 223 g/mol. The molecule has 0 saturated carbocycles. The van der Waals surface area contributed by atoms with E-state index in [-0.39, 0.29) is 23.6 Å². The molecule has 0 aliphatic rings. The normalized spacial score (nSPS) is 10.5. The highest BCUT2D eigenvalue weighted by atomic mass is 79.9. The first-order valence-electron chi connectivity index (χ1n) is 3.66. The molecule has 0 amide bonds. The van der Waals surface area contributed by atoms with Gasteiger partial charge in [0, 0.05) is 6.42 Å². The summed E-state index contributed by atoms with van der Waals surface area (Å²) in [6, 6.07) is 0. The van der Waals surface area contributed by atoms with Gasteiger partial charge < -0.3 is 26.6 Å². The highest BCUT2D eigenvalue weighted by Gasteiger charge is 2.11. The van der Waals surface area contributed by atoms with Gasteiger partial charge in [0.05, 0.1) is 27.2 Å². The van der Waals surface area contributed by atoms with Gasteiger partial charge in [-0.3, -0.25) is 0 Å². The van der Waals surface area contributed by atoms with Crippen molar-refractivity contribution in [3.05, 3.63) is 12.7 Å². The summed E-state index contributed by atoms with van der Waals surface area (Å²) in [7, 11) is 4.22. The van der Waals surface area contributed by atoms with Crippen LogP contribution in [0.3, 0.4) is 0 Å². The molecule has 0 aliphatic carbocycles. The van der Waals surface area contributed by atoms with Gasteiger partial charge in [0.25, 0.3) is 0 Å². The average molecular weight is 224 g/mol. The zero-order valence-electron chi connectivity index (χ0n) is 7.39. The van der Waals surface area contributed by atoms with Crippen LogP contribution in [0.5, 0.6) is 0 Å². The van der Waals surface area contributed by atoms with Gasteiger partial charge in [0.1, 0.15) is 6.54 Å². The predicted octanol–water partition coefficient (Wildman–Crippen LogP) is -2.36. The van der Waals surface area contributed by atoms with Crippen LogP contribution in [0.2, 0.25) is 0 Å². The van der Waals surface area contributed by atoms with Gasteiger partial charge in [-0.15, -0.1) is 6.58 Å². The van der Waals surface area contributed by atoms with Crippen molar-refractivity contribution in [1.29, 1.82) is 0 Å².